The first-order chi connectivity index (χ1) is 9.15. The summed E-state index contributed by atoms with van der Waals surface area (Å²) in [5.74, 6) is 0.925. The molecule has 2 aromatic heterocycles. The third-order valence-electron chi connectivity index (χ3n) is 3.46. The lowest BCUT2D eigenvalue weighted by molar-refractivity contribution is -0.138. The Morgan fingerprint density at radius 2 is 2.37 bits per heavy atom. The fourth-order valence-corrected chi connectivity index (χ4v) is 3.48. The Kier molecular flexibility index (Phi) is 3.41. The van der Waals surface area contributed by atoms with Crippen molar-refractivity contribution in [2.24, 2.45) is 5.92 Å². The highest BCUT2D eigenvalue weighted by Crippen LogP contribution is 2.26. The zero-order valence-corrected chi connectivity index (χ0v) is 12.2. The molecule has 0 N–H and O–H groups in total. The Hall–Kier alpha value is -1.20. The van der Waals surface area contributed by atoms with Gasteiger partial charge in [-0.3, -0.25) is 4.79 Å². The van der Waals surface area contributed by atoms with E-state index in [2.05, 4.69) is 9.97 Å². The molecule has 1 atom stereocenters. The van der Waals surface area contributed by atoms with E-state index < -0.39 is 0 Å². The fourth-order valence-electron chi connectivity index (χ4n) is 2.39. The molecule has 0 bridgehead atoms. The highest BCUT2D eigenvalue weighted by molar-refractivity contribution is 7.16. The molecule has 6 heteroatoms. The number of rotatable bonds is 2. The molecule has 0 spiro atoms. The monoisotopic (exact) mass is 295 g/mol. The first-order valence-electron chi connectivity index (χ1n) is 6.33. The molecule has 4 nitrogen and oxygen atoms in total. The van der Waals surface area contributed by atoms with E-state index in [4.69, 9.17) is 11.6 Å². The average molecular weight is 296 g/mol. The maximum absolute atomic E-state index is 12.1. The van der Waals surface area contributed by atoms with Crippen LogP contribution >= 0.6 is 22.9 Å². The predicted molar refractivity (Wildman–Crippen MR) is 76.2 cm³/mol. The smallest absolute Gasteiger partial charge is 0.225 e. The maximum Gasteiger partial charge on any atom is 0.225 e. The molecule has 1 saturated heterocycles. The summed E-state index contributed by atoms with van der Waals surface area (Å²) in [6, 6.07) is 1.92. The number of piperidine rings is 1. The Bertz CT molecular complexity index is 627. The zero-order chi connectivity index (χ0) is 13.4. The normalized spacial score (nSPS) is 20.2. The van der Waals surface area contributed by atoms with E-state index in [1.54, 1.807) is 11.3 Å². The van der Waals surface area contributed by atoms with Gasteiger partial charge in [-0.1, -0.05) is 18.5 Å². The van der Waals surface area contributed by atoms with Gasteiger partial charge in [0.15, 0.2) is 5.82 Å². The second-order valence-electron chi connectivity index (χ2n) is 4.87. The van der Waals surface area contributed by atoms with Gasteiger partial charge in [0.2, 0.25) is 5.91 Å². The van der Waals surface area contributed by atoms with Crippen molar-refractivity contribution in [3.8, 4) is 0 Å². The van der Waals surface area contributed by atoms with Crippen molar-refractivity contribution in [1.82, 2.24) is 14.9 Å². The number of hydrogen-bond donors (Lipinski definition) is 0. The van der Waals surface area contributed by atoms with Gasteiger partial charge in [-0.2, -0.15) is 0 Å². The van der Waals surface area contributed by atoms with E-state index in [0.717, 1.165) is 29.6 Å². The number of amides is 1. The van der Waals surface area contributed by atoms with Crippen LogP contribution in [0.4, 0.5) is 0 Å². The third kappa shape index (κ3) is 2.44. The summed E-state index contributed by atoms with van der Waals surface area (Å²) < 4.78 is 0. The van der Waals surface area contributed by atoms with Crippen LogP contribution in [0.3, 0.4) is 0 Å². The molecule has 2 aromatic rings. The minimum absolute atomic E-state index is 0.106. The van der Waals surface area contributed by atoms with Gasteiger partial charge < -0.3 is 4.90 Å². The summed E-state index contributed by atoms with van der Waals surface area (Å²) in [4.78, 5) is 23.6. The van der Waals surface area contributed by atoms with Crippen molar-refractivity contribution in [1.29, 1.82) is 0 Å². The number of halogens is 1. The summed E-state index contributed by atoms with van der Waals surface area (Å²) in [5.41, 5.74) is 0. The third-order valence-corrected chi connectivity index (χ3v) is 4.55. The van der Waals surface area contributed by atoms with E-state index in [1.165, 1.54) is 0 Å². The standard InChI is InChI=1S/C13H14ClN3OS/c1-8-3-2-5-17(13(8)18)7-10-15-11(14)9-4-6-19-12(9)16-10/h4,6,8H,2-3,5,7H2,1H3. The highest BCUT2D eigenvalue weighted by Gasteiger charge is 2.25. The van der Waals surface area contributed by atoms with Crippen molar-refractivity contribution in [2.75, 3.05) is 6.54 Å². The lowest BCUT2D eigenvalue weighted by Crippen LogP contribution is -2.39. The summed E-state index contributed by atoms with van der Waals surface area (Å²) >= 11 is 7.68. The molecule has 0 saturated carbocycles. The summed E-state index contributed by atoms with van der Waals surface area (Å²) in [7, 11) is 0. The second-order valence-corrected chi connectivity index (χ2v) is 6.13. The Morgan fingerprint density at radius 3 is 3.21 bits per heavy atom. The van der Waals surface area contributed by atoms with Gasteiger partial charge in [-0.25, -0.2) is 9.97 Å². The maximum atomic E-state index is 12.1. The van der Waals surface area contributed by atoms with Gasteiger partial charge in [-0.15, -0.1) is 11.3 Å². The lowest BCUT2D eigenvalue weighted by atomic mass is 9.99. The minimum atomic E-state index is 0.106. The number of likely N-dealkylation sites (tertiary alicyclic amines) is 1. The summed E-state index contributed by atoms with van der Waals surface area (Å²) in [6.07, 6.45) is 2.02. The largest absolute Gasteiger partial charge is 0.335 e. The molecule has 0 aliphatic carbocycles. The summed E-state index contributed by atoms with van der Waals surface area (Å²) in [6.45, 7) is 3.22. The van der Waals surface area contributed by atoms with E-state index in [0.29, 0.717) is 17.5 Å². The van der Waals surface area contributed by atoms with E-state index in [9.17, 15) is 4.79 Å². The number of hydrogen-bond acceptors (Lipinski definition) is 4. The van der Waals surface area contributed by atoms with E-state index >= 15 is 0 Å². The fraction of sp³-hybridized carbons (Fsp3) is 0.462. The Morgan fingerprint density at radius 1 is 1.53 bits per heavy atom. The quantitative estimate of drug-likeness (QED) is 0.800. The number of fused-ring (bicyclic) bond motifs is 1. The molecule has 19 heavy (non-hydrogen) atoms. The van der Waals surface area contributed by atoms with Gasteiger partial charge in [-0.05, 0) is 24.3 Å². The second kappa shape index (κ2) is 5.06. The Balaban J connectivity index is 1.86. The highest BCUT2D eigenvalue weighted by atomic mass is 35.5. The summed E-state index contributed by atoms with van der Waals surface area (Å²) in [5, 5.41) is 3.30. The number of carbonyl (C=O) groups excluding carboxylic acids is 1. The van der Waals surface area contributed by atoms with Crippen LogP contribution in [0.25, 0.3) is 10.2 Å². The topological polar surface area (TPSA) is 46.1 Å². The number of nitrogens with zero attached hydrogens (tertiary/aromatic N) is 3. The predicted octanol–water partition coefficient (Wildman–Crippen LogP) is 3.10. The molecular weight excluding hydrogens is 282 g/mol. The number of carbonyl (C=O) groups is 1. The first kappa shape index (κ1) is 12.8. The molecule has 1 aliphatic heterocycles. The molecule has 3 heterocycles. The van der Waals surface area contributed by atoms with Crippen LogP contribution in [-0.2, 0) is 11.3 Å². The Labute approximate surface area is 120 Å². The molecule has 1 amide bonds. The van der Waals surface area contributed by atoms with Crippen molar-refractivity contribution in [3.05, 3.63) is 22.4 Å². The molecule has 1 aliphatic rings. The molecule has 100 valence electrons. The number of thiophene rings is 1. The van der Waals surface area contributed by atoms with Crippen LogP contribution in [0, 0.1) is 5.92 Å². The van der Waals surface area contributed by atoms with Gasteiger partial charge in [0.1, 0.15) is 9.98 Å². The molecule has 0 aromatic carbocycles. The minimum Gasteiger partial charge on any atom is -0.335 e. The average Bonchev–Trinajstić information content (AvgIpc) is 2.84. The zero-order valence-electron chi connectivity index (χ0n) is 10.6. The van der Waals surface area contributed by atoms with Crippen molar-refractivity contribution < 1.29 is 4.79 Å². The van der Waals surface area contributed by atoms with Gasteiger partial charge in [0, 0.05) is 17.8 Å². The van der Waals surface area contributed by atoms with E-state index in [-0.39, 0.29) is 11.8 Å². The van der Waals surface area contributed by atoms with Crippen molar-refractivity contribution >= 4 is 39.1 Å². The number of aromatic nitrogens is 2. The van der Waals surface area contributed by atoms with Crippen molar-refractivity contribution in [2.45, 2.75) is 26.3 Å². The molecule has 3 rings (SSSR count). The van der Waals surface area contributed by atoms with Gasteiger partial charge >= 0.3 is 0 Å². The van der Waals surface area contributed by atoms with Crippen molar-refractivity contribution in [3.63, 3.8) is 0 Å². The molecule has 0 radical (unpaired) electrons. The van der Waals surface area contributed by atoms with Crippen LogP contribution in [0.15, 0.2) is 11.4 Å². The van der Waals surface area contributed by atoms with E-state index in [1.807, 2.05) is 23.3 Å². The van der Waals surface area contributed by atoms with Crippen LogP contribution in [0.1, 0.15) is 25.6 Å². The molecule has 1 unspecified atom stereocenters. The lowest BCUT2D eigenvalue weighted by Gasteiger charge is -2.30. The molecule has 1 fully saturated rings. The van der Waals surface area contributed by atoms with Gasteiger partial charge in [0.25, 0.3) is 0 Å². The van der Waals surface area contributed by atoms with Crippen LogP contribution in [0.2, 0.25) is 5.15 Å². The van der Waals surface area contributed by atoms with Crippen LogP contribution in [0.5, 0.6) is 0 Å². The van der Waals surface area contributed by atoms with Gasteiger partial charge in [0.05, 0.1) is 6.54 Å². The SMILES string of the molecule is CC1CCCN(Cc2nc(Cl)c3ccsc3n2)C1=O. The van der Waals surface area contributed by atoms with Crippen LogP contribution < -0.4 is 0 Å². The van der Waals surface area contributed by atoms with Crippen LogP contribution in [-0.4, -0.2) is 27.3 Å². The molecular formula is C13H14ClN3OS. The first-order valence-corrected chi connectivity index (χ1v) is 7.59.